The number of aromatic amines is 1. The van der Waals surface area contributed by atoms with Gasteiger partial charge in [-0.25, -0.2) is 0 Å². The van der Waals surface area contributed by atoms with Gasteiger partial charge in [0.15, 0.2) is 4.77 Å². The fraction of sp³-hybridized carbons (Fsp3) is 0.800. The first kappa shape index (κ1) is 12.4. The van der Waals surface area contributed by atoms with Crippen molar-refractivity contribution in [3.8, 4) is 0 Å². The lowest BCUT2D eigenvalue weighted by molar-refractivity contribution is 0.131. The maximum Gasteiger partial charge on any atom is 0.195 e. The van der Waals surface area contributed by atoms with Crippen LogP contribution < -0.4 is 0 Å². The molecule has 0 radical (unpaired) electrons. The molecule has 1 rings (SSSR count). The molecule has 0 aliphatic rings. The minimum Gasteiger partial charge on any atom is -0.383 e. The summed E-state index contributed by atoms with van der Waals surface area (Å²) < 4.78 is 7.99. The molecule has 1 aromatic heterocycles. The number of nitrogens with zero attached hydrogens (tertiary/aromatic N) is 2. The molecule has 0 aliphatic carbocycles. The van der Waals surface area contributed by atoms with Gasteiger partial charge in [0, 0.05) is 13.5 Å². The quantitative estimate of drug-likeness (QED) is 0.788. The van der Waals surface area contributed by atoms with Crippen molar-refractivity contribution in [1.29, 1.82) is 0 Å². The molecule has 5 heteroatoms. The molecule has 0 amide bonds. The predicted octanol–water partition coefficient (Wildman–Crippen LogP) is 2.35. The SMILES string of the molecule is CCc1n[nH]c(=S)n1C(COC)C(C)C. The van der Waals surface area contributed by atoms with Gasteiger partial charge >= 0.3 is 0 Å². The lowest BCUT2D eigenvalue weighted by atomic mass is 10.1. The molecule has 0 saturated carbocycles. The van der Waals surface area contributed by atoms with E-state index in [9.17, 15) is 0 Å². The van der Waals surface area contributed by atoms with E-state index in [0.717, 1.165) is 12.2 Å². The normalized spacial score (nSPS) is 13.4. The number of aryl methyl sites for hydroxylation is 1. The van der Waals surface area contributed by atoms with Crippen LogP contribution in [0.3, 0.4) is 0 Å². The van der Waals surface area contributed by atoms with E-state index >= 15 is 0 Å². The second-order valence-corrected chi connectivity index (χ2v) is 4.32. The van der Waals surface area contributed by atoms with Gasteiger partial charge in [0.25, 0.3) is 0 Å². The molecule has 1 unspecified atom stereocenters. The van der Waals surface area contributed by atoms with Crippen LogP contribution in [-0.2, 0) is 11.2 Å². The van der Waals surface area contributed by atoms with Crippen molar-refractivity contribution in [2.75, 3.05) is 13.7 Å². The molecule has 0 fully saturated rings. The number of methoxy groups -OCH3 is 1. The number of ether oxygens (including phenoxy) is 1. The second kappa shape index (κ2) is 5.42. The Morgan fingerprint density at radius 2 is 2.20 bits per heavy atom. The summed E-state index contributed by atoms with van der Waals surface area (Å²) in [6.07, 6.45) is 0.875. The van der Waals surface area contributed by atoms with E-state index in [1.165, 1.54) is 0 Å². The molecule has 86 valence electrons. The molecule has 0 aliphatic heterocycles. The van der Waals surface area contributed by atoms with Gasteiger partial charge in [-0.3, -0.25) is 9.67 Å². The molecule has 1 aromatic rings. The zero-order valence-electron chi connectivity index (χ0n) is 9.78. The van der Waals surface area contributed by atoms with Crippen LogP contribution in [0.15, 0.2) is 0 Å². The van der Waals surface area contributed by atoms with E-state index < -0.39 is 0 Å². The molecule has 0 bridgehead atoms. The van der Waals surface area contributed by atoms with Gasteiger partial charge < -0.3 is 4.74 Å². The van der Waals surface area contributed by atoms with Crippen molar-refractivity contribution in [3.05, 3.63) is 10.6 Å². The molecule has 1 heterocycles. The van der Waals surface area contributed by atoms with E-state index in [2.05, 4.69) is 35.5 Å². The van der Waals surface area contributed by atoms with Crippen LogP contribution in [0.1, 0.15) is 32.6 Å². The Hall–Kier alpha value is -0.680. The van der Waals surface area contributed by atoms with E-state index in [4.69, 9.17) is 17.0 Å². The Morgan fingerprint density at radius 3 is 2.67 bits per heavy atom. The molecular formula is C10H19N3OS. The largest absolute Gasteiger partial charge is 0.383 e. The molecule has 4 nitrogen and oxygen atoms in total. The van der Waals surface area contributed by atoms with Crippen molar-refractivity contribution in [2.24, 2.45) is 5.92 Å². The van der Waals surface area contributed by atoms with Crippen molar-refractivity contribution >= 4 is 12.2 Å². The monoisotopic (exact) mass is 229 g/mol. The highest BCUT2D eigenvalue weighted by molar-refractivity contribution is 7.71. The molecule has 0 spiro atoms. The smallest absolute Gasteiger partial charge is 0.195 e. The fourth-order valence-corrected chi connectivity index (χ4v) is 1.95. The third-order valence-corrected chi connectivity index (χ3v) is 2.82. The van der Waals surface area contributed by atoms with Gasteiger partial charge in [-0.2, -0.15) is 5.10 Å². The van der Waals surface area contributed by atoms with Crippen LogP contribution in [0.25, 0.3) is 0 Å². The molecule has 0 saturated heterocycles. The summed E-state index contributed by atoms with van der Waals surface area (Å²) in [4.78, 5) is 0. The summed E-state index contributed by atoms with van der Waals surface area (Å²) in [5.74, 6) is 1.47. The summed E-state index contributed by atoms with van der Waals surface area (Å²) in [5, 5.41) is 7.05. The maximum atomic E-state index is 5.24. The Balaban J connectivity index is 3.09. The van der Waals surface area contributed by atoms with Gasteiger partial charge in [-0.1, -0.05) is 20.8 Å². The zero-order valence-corrected chi connectivity index (χ0v) is 10.6. The third kappa shape index (κ3) is 2.66. The number of hydrogen-bond donors (Lipinski definition) is 1. The lowest BCUT2D eigenvalue weighted by Crippen LogP contribution is -2.22. The highest BCUT2D eigenvalue weighted by Gasteiger charge is 2.19. The van der Waals surface area contributed by atoms with Crippen molar-refractivity contribution < 1.29 is 4.74 Å². The summed E-state index contributed by atoms with van der Waals surface area (Å²) in [7, 11) is 1.71. The average Bonchev–Trinajstić information content (AvgIpc) is 2.55. The zero-order chi connectivity index (χ0) is 11.4. The van der Waals surface area contributed by atoms with E-state index in [-0.39, 0.29) is 6.04 Å². The van der Waals surface area contributed by atoms with Crippen LogP contribution in [0.2, 0.25) is 0 Å². The van der Waals surface area contributed by atoms with E-state index in [1.807, 2.05) is 0 Å². The van der Waals surface area contributed by atoms with Crippen LogP contribution in [0, 0.1) is 10.7 Å². The number of rotatable bonds is 5. The maximum absolute atomic E-state index is 5.24. The molecule has 1 atom stereocenters. The summed E-state index contributed by atoms with van der Waals surface area (Å²) >= 11 is 5.24. The minimum atomic E-state index is 0.260. The number of aromatic nitrogens is 3. The summed E-state index contributed by atoms with van der Waals surface area (Å²) in [6.45, 7) is 7.07. The van der Waals surface area contributed by atoms with Crippen molar-refractivity contribution in [1.82, 2.24) is 14.8 Å². The van der Waals surface area contributed by atoms with Crippen molar-refractivity contribution in [2.45, 2.75) is 33.2 Å². The molecular weight excluding hydrogens is 210 g/mol. The lowest BCUT2D eigenvalue weighted by Gasteiger charge is -2.22. The highest BCUT2D eigenvalue weighted by atomic mass is 32.1. The number of H-pyrrole nitrogens is 1. The number of hydrogen-bond acceptors (Lipinski definition) is 3. The Labute approximate surface area is 95.7 Å². The highest BCUT2D eigenvalue weighted by Crippen LogP contribution is 2.20. The topological polar surface area (TPSA) is 42.8 Å². The number of nitrogens with one attached hydrogen (secondary N) is 1. The van der Waals surface area contributed by atoms with Crippen LogP contribution in [-0.4, -0.2) is 28.5 Å². The first-order chi connectivity index (χ1) is 7.11. The average molecular weight is 229 g/mol. The minimum absolute atomic E-state index is 0.260. The van der Waals surface area contributed by atoms with Crippen LogP contribution >= 0.6 is 12.2 Å². The van der Waals surface area contributed by atoms with Crippen molar-refractivity contribution in [3.63, 3.8) is 0 Å². The first-order valence-corrected chi connectivity index (χ1v) is 5.67. The van der Waals surface area contributed by atoms with Gasteiger partial charge in [-0.15, -0.1) is 0 Å². The summed E-state index contributed by atoms with van der Waals surface area (Å²) in [5.41, 5.74) is 0. The van der Waals surface area contributed by atoms with Gasteiger partial charge in [-0.05, 0) is 18.1 Å². The third-order valence-electron chi connectivity index (χ3n) is 2.53. The Morgan fingerprint density at radius 1 is 1.53 bits per heavy atom. The Kier molecular flexibility index (Phi) is 4.47. The standard InChI is InChI=1S/C10H19N3OS/c1-5-9-11-12-10(15)13(9)8(6-14-4)7(2)3/h7-8H,5-6H2,1-4H3,(H,12,15). The van der Waals surface area contributed by atoms with Gasteiger partial charge in [0.2, 0.25) is 0 Å². The summed E-state index contributed by atoms with van der Waals surface area (Å²) in [6, 6.07) is 0.260. The van der Waals surface area contributed by atoms with Crippen LogP contribution in [0.5, 0.6) is 0 Å². The predicted molar refractivity (Wildman–Crippen MR) is 62.5 cm³/mol. The fourth-order valence-electron chi connectivity index (χ4n) is 1.66. The molecule has 15 heavy (non-hydrogen) atoms. The molecule has 0 aromatic carbocycles. The van der Waals surface area contributed by atoms with Crippen LogP contribution in [0.4, 0.5) is 0 Å². The molecule has 1 N–H and O–H groups in total. The van der Waals surface area contributed by atoms with E-state index in [1.54, 1.807) is 7.11 Å². The van der Waals surface area contributed by atoms with Gasteiger partial charge in [0.1, 0.15) is 5.82 Å². The second-order valence-electron chi connectivity index (χ2n) is 3.94. The van der Waals surface area contributed by atoms with Gasteiger partial charge in [0.05, 0.1) is 12.6 Å². The first-order valence-electron chi connectivity index (χ1n) is 5.26. The van der Waals surface area contributed by atoms with E-state index in [0.29, 0.717) is 17.3 Å². The Bertz CT molecular complexity index is 356.